The number of hydrogen-bond acceptors (Lipinski definition) is 2. The summed E-state index contributed by atoms with van der Waals surface area (Å²) in [6.07, 6.45) is 4.40. The fraction of sp³-hybridized carbons (Fsp3) is 1.00. The van der Waals surface area contributed by atoms with Gasteiger partial charge in [-0.3, -0.25) is 0 Å². The van der Waals surface area contributed by atoms with Gasteiger partial charge < -0.3 is 9.64 Å². The molecule has 1 aliphatic heterocycles. The van der Waals surface area contributed by atoms with Gasteiger partial charge in [0.05, 0.1) is 6.10 Å². The van der Waals surface area contributed by atoms with Crippen LogP contribution in [-0.2, 0) is 4.74 Å². The summed E-state index contributed by atoms with van der Waals surface area (Å²) in [5, 5.41) is 0. The van der Waals surface area contributed by atoms with Gasteiger partial charge in [-0.2, -0.15) is 0 Å². The van der Waals surface area contributed by atoms with Crippen molar-refractivity contribution in [2.45, 2.75) is 38.3 Å². The van der Waals surface area contributed by atoms with E-state index in [1.54, 1.807) is 7.11 Å². The third-order valence-electron chi connectivity index (χ3n) is 2.74. The summed E-state index contributed by atoms with van der Waals surface area (Å²) < 4.78 is 5.32. The molecule has 0 saturated carbocycles. The number of likely N-dealkylation sites (tertiary alicyclic amines) is 1. The fourth-order valence-electron chi connectivity index (χ4n) is 1.85. The second kappa shape index (κ2) is 4.07. The molecule has 0 aromatic heterocycles. The number of methoxy groups -OCH3 is 1. The summed E-state index contributed by atoms with van der Waals surface area (Å²) in [4.78, 5) is 2.41. The first-order valence-electron chi connectivity index (χ1n) is 4.48. The molecule has 1 rings (SSSR count). The molecule has 1 aliphatic rings. The van der Waals surface area contributed by atoms with E-state index in [1.807, 2.05) is 0 Å². The van der Waals surface area contributed by atoms with E-state index >= 15 is 0 Å². The number of piperidine rings is 1. The zero-order valence-corrected chi connectivity index (χ0v) is 7.84. The lowest BCUT2D eigenvalue weighted by Gasteiger charge is -2.35. The van der Waals surface area contributed by atoms with Gasteiger partial charge in [0.25, 0.3) is 0 Å². The molecule has 2 heteroatoms. The summed E-state index contributed by atoms with van der Waals surface area (Å²) >= 11 is 0. The van der Waals surface area contributed by atoms with Crippen molar-refractivity contribution in [2.75, 3.05) is 20.7 Å². The molecule has 1 fully saturated rings. The zero-order valence-electron chi connectivity index (χ0n) is 7.84. The van der Waals surface area contributed by atoms with E-state index in [1.165, 1.54) is 25.8 Å². The molecular weight excluding hydrogens is 138 g/mol. The van der Waals surface area contributed by atoms with Gasteiger partial charge in [-0.25, -0.2) is 0 Å². The Balaban J connectivity index is 2.40. The first-order chi connectivity index (χ1) is 5.25. The molecule has 2 atom stereocenters. The van der Waals surface area contributed by atoms with Crippen LogP contribution in [0.3, 0.4) is 0 Å². The highest BCUT2D eigenvalue weighted by atomic mass is 16.5. The monoisotopic (exact) mass is 157 g/mol. The molecular formula is C9H19NO. The number of nitrogens with zero attached hydrogens (tertiary/aromatic N) is 1. The Morgan fingerprint density at radius 1 is 1.45 bits per heavy atom. The molecule has 0 aromatic carbocycles. The first kappa shape index (κ1) is 9.01. The summed E-state index contributed by atoms with van der Waals surface area (Å²) in [6.45, 7) is 3.39. The van der Waals surface area contributed by atoms with Crippen LogP contribution in [0.25, 0.3) is 0 Å². The number of hydrogen-bond donors (Lipinski definition) is 0. The SMILES string of the molecule is COC(C)C1CCCCN1C. The van der Waals surface area contributed by atoms with Crippen LogP contribution in [-0.4, -0.2) is 37.7 Å². The highest BCUT2D eigenvalue weighted by Gasteiger charge is 2.23. The maximum Gasteiger partial charge on any atom is 0.0698 e. The van der Waals surface area contributed by atoms with E-state index in [2.05, 4.69) is 18.9 Å². The molecule has 11 heavy (non-hydrogen) atoms. The molecule has 0 N–H and O–H groups in total. The number of rotatable bonds is 2. The predicted molar refractivity (Wildman–Crippen MR) is 46.7 cm³/mol. The van der Waals surface area contributed by atoms with Gasteiger partial charge in [-0.15, -0.1) is 0 Å². The zero-order chi connectivity index (χ0) is 8.27. The maximum atomic E-state index is 5.32. The van der Waals surface area contributed by atoms with Crippen LogP contribution in [0.5, 0.6) is 0 Å². The molecule has 0 radical (unpaired) electrons. The summed E-state index contributed by atoms with van der Waals surface area (Å²) in [6, 6.07) is 0.647. The van der Waals surface area contributed by atoms with Crippen molar-refractivity contribution in [3.63, 3.8) is 0 Å². The lowest BCUT2D eigenvalue weighted by Crippen LogP contribution is -2.43. The van der Waals surface area contributed by atoms with Gasteiger partial charge in [0.15, 0.2) is 0 Å². The van der Waals surface area contributed by atoms with Crippen LogP contribution < -0.4 is 0 Å². The third-order valence-corrected chi connectivity index (χ3v) is 2.74. The molecule has 2 nitrogen and oxygen atoms in total. The molecule has 2 unspecified atom stereocenters. The van der Waals surface area contributed by atoms with Crippen molar-refractivity contribution in [3.8, 4) is 0 Å². The van der Waals surface area contributed by atoms with E-state index in [0.29, 0.717) is 12.1 Å². The Morgan fingerprint density at radius 2 is 2.18 bits per heavy atom. The predicted octanol–water partition coefficient (Wildman–Crippen LogP) is 1.51. The van der Waals surface area contributed by atoms with Gasteiger partial charge in [-0.05, 0) is 33.4 Å². The van der Waals surface area contributed by atoms with Crippen molar-refractivity contribution in [1.29, 1.82) is 0 Å². The standard InChI is InChI=1S/C9H19NO/c1-8(11-3)9-6-4-5-7-10(9)2/h8-9H,4-7H2,1-3H3. The molecule has 0 aliphatic carbocycles. The Kier molecular flexibility index (Phi) is 3.34. The Hall–Kier alpha value is -0.0800. The van der Waals surface area contributed by atoms with Crippen LogP contribution in [0, 0.1) is 0 Å². The van der Waals surface area contributed by atoms with Gasteiger partial charge in [0.2, 0.25) is 0 Å². The smallest absolute Gasteiger partial charge is 0.0698 e. The van der Waals surface area contributed by atoms with Crippen molar-refractivity contribution >= 4 is 0 Å². The molecule has 0 aromatic rings. The van der Waals surface area contributed by atoms with Gasteiger partial charge in [0, 0.05) is 13.2 Å². The van der Waals surface area contributed by atoms with Crippen molar-refractivity contribution in [2.24, 2.45) is 0 Å². The quantitative estimate of drug-likeness (QED) is 0.602. The van der Waals surface area contributed by atoms with Crippen LogP contribution in [0.2, 0.25) is 0 Å². The lowest BCUT2D eigenvalue weighted by molar-refractivity contribution is 0.0191. The Morgan fingerprint density at radius 3 is 2.73 bits per heavy atom. The largest absolute Gasteiger partial charge is 0.380 e. The molecule has 0 bridgehead atoms. The Labute approximate surface area is 69.5 Å². The van der Waals surface area contributed by atoms with Gasteiger partial charge in [0.1, 0.15) is 0 Å². The topological polar surface area (TPSA) is 12.5 Å². The van der Waals surface area contributed by atoms with Crippen molar-refractivity contribution in [1.82, 2.24) is 4.90 Å². The van der Waals surface area contributed by atoms with Crippen molar-refractivity contribution in [3.05, 3.63) is 0 Å². The van der Waals surface area contributed by atoms with E-state index in [4.69, 9.17) is 4.74 Å². The second-order valence-corrected chi connectivity index (χ2v) is 3.48. The van der Waals surface area contributed by atoms with Gasteiger partial charge >= 0.3 is 0 Å². The summed E-state index contributed by atoms with van der Waals surface area (Å²) in [5.74, 6) is 0. The highest BCUT2D eigenvalue weighted by molar-refractivity contribution is 4.78. The molecule has 0 amide bonds. The van der Waals surface area contributed by atoms with Crippen LogP contribution in [0.15, 0.2) is 0 Å². The van der Waals surface area contributed by atoms with E-state index < -0.39 is 0 Å². The maximum absolute atomic E-state index is 5.32. The summed E-state index contributed by atoms with van der Waals surface area (Å²) in [7, 11) is 3.99. The van der Waals surface area contributed by atoms with E-state index in [9.17, 15) is 0 Å². The van der Waals surface area contributed by atoms with Crippen LogP contribution in [0.4, 0.5) is 0 Å². The normalized spacial score (nSPS) is 30.3. The minimum atomic E-state index is 0.389. The van der Waals surface area contributed by atoms with Crippen molar-refractivity contribution < 1.29 is 4.74 Å². The average Bonchev–Trinajstić information content (AvgIpc) is 2.04. The third kappa shape index (κ3) is 2.17. The van der Waals surface area contributed by atoms with Gasteiger partial charge in [-0.1, -0.05) is 6.42 Å². The number of ether oxygens (including phenoxy) is 1. The number of likely N-dealkylation sites (N-methyl/N-ethyl adjacent to an activating group) is 1. The molecule has 1 heterocycles. The van der Waals surface area contributed by atoms with E-state index in [0.717, 1.165) is 0 Å². The fourth-order valence-corrected chi connectivity index (χ4v) is 1.85. The minimum absolute atomic E-state index is 0.389. The first-order valence-corrected chi connectivity index (χ1v) is 4.48. The van der Waals surface area contributed by atoms with Crippen LogP contribution >= 0.6 is 0 Å². The molecule has 66 valence electrons. The Bertz CT molecular complexity index is 112. The lowest BCUT2D eigenvalue weighted by atomic mass is 9.99. The van der Waals surface area contributed by atoms with E-state index in [-0.39, 0.29) is 0 Å². The molecule has 0 spiro atoms. The minimum Gasteiger partial charge on any atom is -0.380 e. The second-order valence-electron chi connectivity index (χ2n) is 3.48. The molecule has 1 saturated heterocycles. The van der Waals surface area contributed by atoms with Crippen LogP contribution in [0.1, 0.15) is 26.2 Å². The summed E-state index contributed by atoms with van der Waals surface area (Å²) in [5.41, 5.74) is 0. The highest BCUT2D eigenvalue weighted by Crippen LogP contribution is 2.18. The average molecular weight is 157 g/mol.